The predicted molar refractivity (Wildman–Crippen MR) is 170 cm³/mol. The van der Waals surface area contributed by atoms with E-state index >= 15 is 0 Å². The number of carbonyl (C=O) groups is 2. The molecule has 0 saturated heterocycles. The van der Waals surface area contributed by atoms with Gasteiger partial charge in [-0.15, -0.1) is 0 Å². The monoisotopic (exact) mass is 605 g/mol. The lowest BCUT2D eigenvalue weighted by molar-refractivity contribution is -0.140. The molecule has 43 heavy (non-hydrogen) atoms. The minimum absolute atomic E-state index is 0.0822. The molecule has 3 aromatic rings. The molecule has 1 atom stereocenters. The van der Waals surface area contributed by atoms with Crippen LogP contribution in [0.4, 0.5) is 5.69 Å². The topological polar surface area (TPSA) is 96.0 Å². The van der Waals surface area contributed by atoms with Crippen LogP contribution in [0.1, 0.15) is 62.1 Å². The van der Waals surface area contributed by atoms with Crippen molar-refractivity contribution < 1.29 is 22.7 Å². The molecule has 0 aromatic heterocycles. The quantitative estimate of drug-likeness (QED) is 0.283. The summed E-state index contributed by atoms with van der Waals surface area (Å²) < 4.78 is 34.5. The SMILES string of the molecule is CC[C@@H](C(=O)NC1CCCCC1)N(Cc1ccc(OC)cc1)C(=O)CN(c1ccc(C)c(C)c1)S(=O)(=O)c1ccccc1. The van der Waals surface area contributed by atoms with Crippen molar-refractivity contribution in [3.05, 3.63) is 89.5 Å². The van der Waals surface area contributed by atoms with Crippen molar-refractivity contribution in [2.24, 2.45) is 0 Å². The predicted octanol–water partition coefficient (Wildman–Crippen LogP) is 5.76. The largest absolute Gasteiger partial charge is 0.497 e. The van der Waals surface area contributed by atoms with Gasteiger partial charge in [-0.3, -0.25) is 13.9 Å². The third kappa shape index (κ3) is 7.96. The Morgan fingerprint density at radius 2 is 1.60 bits per heavy atom. The number of rotatable bonds is 12. The van der Waals surface area contributed by atoms with Gasteiger partial charge in [0.1, 0.15) is 18.3 Å². The van der Waals surface area contributed by atoms with Gasteiger partial charge in [-0.2, -0.15) is 0 Å². The van der Waals surface area contributed by atoms with E-state index in [1.54, 1.807) is 37.4 Å². The van der Waals surface area contributed by atoms with Gasteiger partial charge in [0.15, 0.2) is 0 Å². The Hall–Kier alpha value is -3.85. The molecule has 2 amide bonds. The Balaban J connectivity index is 1.71. The highest BCUT2D eigenvalue weighted by Gasteiger charge is 2.34. The van der Waals surface area contributed by atoms with Gasteiger partial charge in [0.25, 0.3) is 10.0 Å². The number of nitrogens with zero attached hydrogens (tertiary/aromatic N) is 2. The summed E-state index contributed by atoms with van der Waals surface area (Å²) in [4.78, 5) is 29.6. The minimum Gasteiger partial charge on any atom is -0.497 e. The summed E-state index contributed by atoms with van der Waals surface area (Å²) in [7, 11) is -2.52. The number of aryl methyl sites for hydroxylation is 2. The Morgan fingerprint density at radius 1 is 0.930 bits per heavy atom. The number of anilines is 1. The smallest absolute Gasteiger partial charge is 0.264 e. The van der Waals surface area contributed by atoms with Gasteiger partial charge in [0.2, 0.25) is 11.8 Å². The number of sulfonamides is 1. The molecule has 0 unspecified atom stereocenters. The molecule has 0 bridgehead atoms. The maximum Gasteiger partial charge on any atom is 0.264 e. The maximum atomic E-state index is 14.3. The number of carbonyl (C=O) groups excluding carboxylic acids is 2. The molecule has 230 valence electrons. The van der Waals surface area contributed by atoms with Crippen molar-refractivity contribution in [2.45, 2.75) is 82.8 Å². The summed E-state index contributed by atoms with van der Waals surface area (Å²) in [5, 5.41) is 3.18. The number of amides is 2. The molecule has 1 aliphatic carbocycles. The summed E-state index contributed by atoms with van der Waals surface area (Å²) in [6.45, 7) is 5.43. The van der Waals surface area contributed by atoms with Crippen LogP contribution in [0.25, 0.3) is 0 Å². The fourth-order valence-corrected chi connectivity index (χ4v) is 6.95. The summed E-state index contributed by atoms with van der Waals surface area (Å²) in [5.41, 5.74) is 3.12. The number of hydrogen-bond acceptors (Lipinski definition) is 5. The highest BCUT2D eigenvalue weighted by Crippen LogP contribution is 2.27. The summed E-state index contributed by atoms with van der Waals surface area (Å²) in [6.07, 6.45) is 5.53. The molecule has 0 aliphatic heterocycles. The summed E-state index contributed by atoms with van der Waals surface area (Å²) >= 11 is 0. The standard InChI is InChI=1S/C34H43N3O5S/c1-5-32(34(39)35-28-12-8-6-9-13-28)36(23-27-17-20-30(42-4)21-18-27)33(38)24-37(29-19-16-25(2)26(3)22-29)43(40,41)31-14-10-7-11-15-31/h7,10-11,14-22,28,32H,5-6,8-9,12-13,23-24H2,1-4H3,(H,35,39)/t32-/m0/s1. The molecule has 9 heteroatoms. The first-order valence-electron chi connectivity index (χ1n) is 15.0. The molecule has 0 radical (unpaired) electrons. The zero-order valence-corrected chi connectivity index (χ0v) is 26.4. The average molecular weight is 606 g/mol. The molecule has 1 aliphatic rings. The van der Waals surface area contributed by atoms with E-state index < -0.39 is 28.5 Å². The molecule has 8 nitrogen and oxygen atoms in total. The van der Waals surface area contributed by atoms with Gasteiger partial charge in [0.05, 0.1) is 17.7 Å². The van der Waals surface area contributed by atoms with Crippen LogP contribution in [0.5, 0.6) is 5.75 Å². The van der Waals surface area contributed by atoms with E-state index in [0.29, 0.717) is 17.9 Å². The van der Waals surface area contributed by atoms with Crippen LogP contribution in [0, 0.1) is 13.8 Å². The molecule has 0 spiro atoms. The van der Waals surface area contributed by atoms with E-state index in [2.05, 4.69) is 5.32 Å². The third-order valence-corrected chi connectivity index (χ3v) is 10.0. The van der Waals surface area contributed by atoms with Crippen LogP contribution < -0.4 is 14.4 Å². The minimum atomic E-state index is -4.10. The fraction of sp³-hybridized carbons (Fsp3) is 0.412. The van der Waals surface area contributed by atoms with Crippen LogP contribution in [0.15, 0.2) is 77.7 Å². The van der Waals surface area contributed by atoms with E-state index in [1.165, 1.54) is 17.0 Å². The number of nitrogens with one attached hydrogen (secondary N) is 1. The van der Waals surface area contributed by atoms with Crippen LogP contribution in [0.2, 0.25) is 0 Å². The Bertz CT molecular complexity index is 1490. The first-order chi connectivity index (χ1) is 20.6. The van der Waals surface area contributed by atoms with Crippen molar-refractivity contribution in [2.75, 3.05) is 18.0 Å². The Morgan fingerprint density at radius 3 is 2.21 bits per heavy atom. The van der Waals surface area contributed by atoms with Crippen molar-refractivity contribution in [3.63, 3.8) is 0 Å². The molecule has 4 rings (SSSR count). The summed E-state index contributed by atoms with van der Waals surface area (Å²) in [6, 6.07) is 20.1. The lowest BCUT2D eigenvalue weighted by Crippen LogP contribution is -2.54. The lowest BCUT2D eigenvalue weighted by atomic mass is 9.95. The Kier molecular flexibility index (Phi) is 10.9. The van der Waals surface area contributed by atoms with Crippen molar-refractivity contribution in [3.8, 4) is 5.75 Å². The van der Waals surface area contributed by atoms with Gasteiger partial charge in [0, 0.05) is 12.6 Å². The summed E-state index contributed by atoms with van der Waals surface area (Å²) in [5.74, 6) is 0.0117. The second-order valence-corrected chi connectivity index (χ2v) is 13.1. The lowest BCUT2D eigenvalue weighted by Gasteiger charge is -2.34. The Labute approximate surface area is 256 Å². The van der Waals surface area contributed by atoms with Crippen LogP contribution >= 0.6 is 0 Å². The van der Waals surface area contributed by atoms with Gasteiger partial charge < -0.3 is 15.0 Å². The van der Waals surface area contributed by atoms with Gasteiger partial charge >= 0.3 is 0 Å². The van der Waals surface area contributed by atoms with Gasteiger partial charge in [-0.1, -0.05) is 62.6 Å². The molecule has 1 saturated carbocycles. The fourth-order valence-electron chi connectivity index (χ4n) is 5.52. The van der Waals surface area contributed by atoms with Crippen LogP contribution in [0.3, 0.4) is 0 Å². The highest BCUT2D eigenvalue weighted by atomic mass is 32.2. The van der Waals surface area contributed by atoms with Crippen molar-refractivity contribution in [1.82, 2.24) is 10.2 Å². The number of methoxy groups -OCH3 is 1. The number of hydrogen-bond donors (Lipinski definition) is 1. The zero-order chi connectivity index (χ0) is 31.0. The first kappa shape index (κ1) is 32.1. The van der Waals surface area contributed by atoms with E-state index in [-0.39, 0.29) is 23.4 Å². The van der Waals surface area contributed by atoms with E-state index in [9.17, 15) is 18.0 Å². The molecule has 0 heterocycles. The molecule has 3 aromatic carbocycles. The molecule has 1 fully saturated rings. The van der Waals surface area contributed by atoms with Crippen molar-refractivity contribution >= 4 is 27.5 Å². The highest BCUT2D eigenvalue weighted by molar-refractivity contribution is 7.92. The van der Waals surface area contributed by atoms with Gasteiger partial charge in [-0.25, -0.2) is 8.42 Å². The molecular formula is C34H43N3O5S. The molecule has 1 N–H and O–H groups in total. The molecular weight excluding hydrogens is 562 g/mol. The van der Waals surface area contributed by atoms with E-state index in [0.717, 1.165) is 53.1 Å². The second-order valence-electron chi connectivity index (χ2n) is 11.2. The zero-order valence-electron chi connectivity index (χ0n) is 25.6. The van der Waals surface area contributed by atoms with Gasteiger partial charge in [-0.05, 0) is 86.2 Å². The number of benzene rings is 3. The van der Waals surface area contributed by atoms with E-state index in [1.807, 2.05) is 51.1 Å². The normalized spacial score (nSPS) is 14.5. The first-order valence-corrected chi connectivity index (χ1v) is 16.5. The number of ether oxygens (including phenoxy) is 1. The van der Waals surface area contributed by atoms with Crippen molar-refractivity contribution in [1.29, 1.82) is 0 Å². The van der Waals surface area contributed by atoms with Crippen LogP contribution in [-0.2, 0) is 26.2 Å². The van der Waals surface area contributed by atoms with Crippen LogP contribution in [-0.4, -0.2) is 50.9 Å². The van der Waals surface area contributed by atoms with E-state index in [4.69, 9.17) is 4.74 Å². The average Bonchev–Trinajstić information content (AvgIpc) is 3.02. The maximum absolute atomic E-state index is 14.3. The second kappa shape index (κ2) is 14.6. The third-order valence-electron chi connectivity index (χ3n) is 8.24.